The van der Waals surface area contributed by atoms with Gasteiger partial charge >= 0.3 is 5.88 Å². The average Bonchev–Trinajstić information content (AvgIpc) is 3.10. The van der Waals surface area contributed by atoms with Gasteiger partial charge in [-0.05, 0) is 30.2 Å². The number of nitrogens with zero attached hydrogens (tertiary/aromatic N) is 2. The van der Waals surface area contributed by atoms with E-state index in [1.807, 2.05) is 6.07 Å². The first-order valence-corrected chi connectivity index (χ1v) is 7.50. The number of rotatable bonds is 9. The van der Waals surface area contributed by atoms with Crippen LogP contribution in [-0.4, -0.2) is 30.8 Å². The molecule has 26 heavy (non-hydrogen) atoms. The molecule has 0 atom stereocenters. The molecule has 9 nitrogen and oxygen atoms in total. The summed E-state index contributed by atoms with van der Waals surface area (Å²) in [5.41, 5.74) is 3.24. The van der Waals surface area contributed by atoms with Crippen LogP contribution in [0.25, 0.3) is 0 Å². The number of hydrogen-bond donors (Lipinski definition) is 1. The highest BCUT2D eigenvalue weighted by Crippen LogP contribution is 2.28. The van der Waals surface area contributed by atoms with E-state index in [1.54, 1.807) is 18.2 Å². The number of carbonyl (C=O) groups is 1. The number of methoxy groups -OCH3 is 1. The highest BCUT2D eigenvalue weighted by Gasteiger charge is 2.11. The zero-order chi connectivity index (χ0) is 18.9. The normalized spacial score (nSPS) is 10.5. The molecule has 2 aromatic rings. The van der Waals surface area contributed by atoms with Crippen molar-refractivity contribution in [1.29, 1.82) is 0 Å². The second-order valence-corrected chi connectivity index (χ2v) is 4.99. The van der Waals surface area contributed by atoms with E-state index in [2.05, 4.69) is 17.1 Å². The summed E-state index contributed by atoms with van der Waals surface area (Å²) in [7, 11) is 1.51. The molecule has 0 radical (unpaired) electrons. The number of allylic oxidation sites excluding steroid dienone is 1. The van der Waals surface area contributed by atoms with Crippen LogP contribution in [0.2, 0.25) is 0 Å². The molecule has 2 rings (SSSR count). The monoisotopic (exact) mass is 359 g/mol. The molecule has 1 heterocycles. The first kappa shape index (κ1) is 18.7. The fourth-order valence-electron chi connectivity index (χ4n) is 1.98. The molecule has 1 aromatic carbocycles. The van der Waals surface area contributed by atoms with Crippen molar-refractivity contribution < 1.29 is 23.6 Å². The third-order valence-corrected chi connectivity index (χ3v) is 3.14. The summed E-state index contributed by atoms with van der Waals surface area (Å²) in [6, 6.07) is 7.90. The predicted molar refractivity (Wildman–Crippen MR) is 93.5 cm³/mol. The highest BCUT2D eigenvalue weighted by molar-refractivity contribution is 5.81. The van der Waals surface area contributed by atoms with Gasteiger partial charge in [0.2, 0.25) is 0 Å². The van der Waals surface area contributed by atoms with Crippen molar-refractivity contribution >= 4 is 18.0 Å². The summed E-state index contributed by atoms with van der Waals surface area (Å²) in [5, 5.41) is 14.1. The number of hydrazone groups is 1. The van der Waals surface area contributed by atoms with Gasteiger partial charge in [-0.15, -0.1) is 6.58 Å². The molecule has 1 amide bonds. The Morgan fingerprint density at radius 2 is 2.19 bits per heavy atom. The minimum absolute atomic E-state index is 0.136. The largest absolute Gasteiger partial charge is 0.493 e. The lowest BCUT2D eigenvalue weighted by molar-refractivity contribution is -0.402. The molecule has 136 valence electrons. The SMILES string of the molecule is C=CCc1ccc(OCC(=O)N/N=C\c2ccc([N+](=O)[O-])o2)c(OC)c1. The molecular weight excluding hydrogens is 342 g/mol. The van der Waals surface area contributed by atoms with Gasteiger partial charge in [-0.2, -0.15) is 5.10 Å². The molecule has 0 bridgehead atoms. The molecule has 0 spiro atoms. The van der Waals surface area contributed by atoms with Gasteiger partial charge in [-0.3, -0.25) is 14.9 Å². The van der Waals surface area contributed by atoms with Crippen molar-refractivity contribution in [2.45, 2.75) is 6.42 Å². The highest BCUT2D eigenvalue weighted by atomic mass is 16.6. The second kappa shape index (κ2) is 9.02. The Hall–Kier alpha value is -3.62. The summed E-state index contributed by atoms with van der Waals surface area (Å²) in [5.74, 6) is 0.134. The van der Waals surface area contributed by atoms with Crippen LogP contribution in [0.1, 0.15) is 11.3 Å². The van der Waals surface area contributed by atoms with Crippen LogP contribution in [0.15, 0.2) is 52.5 Å². The lowest BCUT2D eigenvalue weighted by Gasteiger charge is -2.11. The molecule has 0 aliphatic rings. The van der Waals surface area contributed by atoms with Gasteiger partial charge in [0.05, 0.1) is 19.4 Å². The Kier molecular flexibility index (Phi) is 6.49. The molecule has 0 aliphatic carbocycles. The minimum Gasteiger partial charge on any atom is -0.493 e. The first-order valence-electron chi connectivity index (χ1n) is 7.50. The zero-order valence-corrected chi connectivity index (χ0v) is 14.0. The third kappa shape index (κ3) is 5.20. The number of benzene rings is 1. The second-order valence-electron chi connectivity index (χ2n) is 4.99. The fraction of sp³-hybridized carbons (Fsp3) is 0.176. The van der Waals surface area contributed by atoms with E-state index in [4.69, 9.17) is 13.9 Å². The van der Waals surface area contributed by atoms with Crippen LogP contribution >= 0.6 is 0 Å². The lowest BCUT2D eigenvalue weighted by atomic mass is 10.1. The summed E-state index contributed by atoms with van der Waals surface area (Å²) in [6.07, 6.45) is 3.61. The summed E-state index contributed by atoms with van der Waals surface area (Å²) in [6.45, 7) is 3.39. The number of carbonyl (C=O) groups excluding carboxylic acids is 1. The van der Waals surface area contributed by atoms with E-state index >= 15 is 0 Å². The van der Waals surface area contributed by atoms with Crippen molar-refractivity contribution in [3.8, 4) is 11.5 Å². The smallest absolute Gasteiger partial charge is 0.433 e. The van der Waals surface area contributed by atoms with E-state index in [0.717, 1.165) is 11.8 Å². The Bertz CT molecular complexity index is 828. The average molecular weight is 359 g/mol. The quantitative estimate of drug-likeness (QED) is 0.318. The Labute approximate surface area is 149 Å². The lowest BCUT2D eigenvalue weighted by Crippen LogP contribution is -2.24. The van der Waals surface area contributed by atoms with Crippen molar-refractivity contribution in [2.75, 3.05) is 13.7 Å². The van der Waals surface area contributed by atoms with Crippen molar-refractivity contribution in [2.24, 2.45) is 5.10 Å². The van der Waals surface area contributed by atoms with E-state index < -0.39 is 16.7 Å². The maximum absolute atomic E-state index is 11.7. The third-order valence-electron chi connectivity index (χ3n) is 3.14. The van der Waals surface area contributed by atoms with Gasteiger partial charge in [0, 0.05) is 0 Å². The van der Waals surface area contributed by atoms with E-state index in [-0.39, 0.29) is 12.4 Å². The molecule has 0 unspecified atom stereocenters. The fourth-order valence-corrected chi connectivity index (χ4v) is 1.98. The predicted octanol–water partition coefficient (Wildman–Crippen LogP) is 2.45. The van der Waals surface area contributed by atoms with Gasteiger partial charge in [0.25, 0.3) is 5.91 Å². The van der Waals surface area contributed by atoms with Crippen LogP contribution in [0, 0.1) is 10.1 Å². The standard InChI is InChI=1S/C17H17N3O6/c1-3-4-12-5-7-14(15(9-12)24-2)25-11-16(21)19-18-10-13-6-8-17(26-13)20(22)23/h3,5-10H,1,4,11H2,2H3,(H,19,21)/b18-10-. The molecule has 0 fully saturated rings. The maximum atomic E-state index is 11.7. The van der Waals surface area contributed by atoms with Crippen molar-refractivity contribution in [3.63, 3.8) is 0 Å². The Morgan fingerprint density at radius 3 is 2.85 bits per heavy atom. The van der Waals surface area contributed by atoms with Gasteiger partial charge in [-0.25, -0.2) is 5.43 Å². The number of hydrogen-bond acceptors (Lipinski definition) is 7. The van der Waals surface area contributed by atoms with Crippen LogP contribution in [0.4, 0.5) is 5.88 Å². The molecule has 0 saturated carbocycles. The van der Waals surface area contributed by atoms with Crippen molar-refractivity contribution in [3.05, 3.63) is 64.4 Å². The van der Waals surface area contributed by atoms with Crippen LogP contribution in [0.5, 0.6) is 11.5 Å². The minimum atomic E-state index is -0.669. The zero-order valence-electron chi connectivity index (χ0n) is 14.0. The Balaban J connectivity index is 1.87. The van der Waals surface area contributed by atoms with Gasteiger partial charge < -0.3 is 13.9 Å². The maximum Gasteiger partial charge on any atom is 0.433 e. The Morgan fingerprint density at radius 1 is 1.38 bits per heavy atom. The van der Waals surface area contributed by atoms with E-state index in [0.29, 0.717) is 17.9 Å². The number of ether oxygens (including phenoxy) is 2. The topological polar surface area (TPSA) is 116 Å². The van der Waals surface area contributed by atoms with Crippen LogP contribution < -0.4 is 14.9 Å². The number of amides is 1. The molecule has 0 saturated heterocycles. The molecule has 1 N–H and O–H groups in total. The number of furan rings is 1. The van der Waals surface area contributed by atoms with Gasteiger partial charge in [0.1, 0.15) is 4.92 Å². The molecular formula is C17H17N3O6. The number of nitrogens with one attached hydrogen (secondary N) is 1. The van der Waals surface area contributed by atoms with Gasteiger partial charge in [-0.1, -0.05) is 12.1 Å². The van der Waals surface area contributed by atoms with E-state index in [1.165, 1.54) is 19.2 Å². The summed E-state index contributed by atoms with van der Waals surface area (Å²) < 4.78 is 15.5. The number of nitro groups is 1. The molecule has 1 aromatic heterocycles. The van der Waals surface area contributed by atoms with Crippen LogP contribution in [-0.2, 0) is 11.2 Å². The van der Waals surface area contributed by atoms with Crippen LogP contribution in [0.3, 0.4) is 0 Å². The molecule has 0 aliphatic heterocycles. The molecule has 9 heteroatoms. The first-order chi connectivity index (χ1) is 12.5. The summed E-state index contributed by atoms with van der Waals surface area (Å²) >= 11 is 0. The summed E-state index contributed by atoms with van der Waals surface area (Å²) in [4.78, 5) is 21.6. The van der Waals surface area contributed by atoms with Crippen molar-refractivity contribution in [1.82, 2.24) is 5.43 Å². The van der Waals surface area contributed by atoms with Gasteiger partial charge in [0.15, 0.2) is 23.9 Å². The van der Waals surface area contributed by atoms with E-state index in [9.17, 15) is 14.9 Å².